The molecule has 8 nitrogen and oxygen atoms in total. The van der Waals surface area contributed by atoms with E-state index in [2.05, 4.69) is 168 Å². The van der Waals surface area contributed by atoms with Crippen LogP contribution in [0.15, 0.2) is 180 Å². The molecule has 4 aliphatic rings. The van der Waals surface area contributed by atoms with Crippen LogP contribution >= 0.6 is 15.9 Å². The predicted octanol–water partition coefficient (Wildman–Crippen LogP) is 15.9. The van der Waals surface area contributed by atoms with Gasteiger partial charge in [-0.05, 0) is 149 Å². The zero-order valence-electron chi connectivity index (χ0n) is 41.3. The lowest BCUT2D eigenvalue weighted by Gasteiger charge is -2.32. The van der Waals surface area contributed by atoms with Gasteiger partial charge in [0.25, 0.3) is 0 Å². The molecule has 0 amide bonds. The summed E-state index contributed by atoms with van der Waals surface area (Å²) in [6, 6.07) is 52.5. The van der Waals surface area contributed by atoms with Crippen molar-refractivity contribution in [2.24, 2.45) is 0 Å². The standard InChI is InChI=1S/C63H46BBrF2N6O2/c1-37-5-11-40(12-6-37)59-47-25-27-49(68-47)60(41-13-7-38(2)8-14-41)51-29-31-53(70-51)62(54-32-30-52(71-54)61(50-28-26-48(59)69-50)42-15-9-39(3)10-16-42)43-19-23-46(24-20-43)75-58-36-34-56-63(44-17-21-45(74-4)22-18-44)55-33-35-57(65)72(55)64(66,67)73(56)58/h5-36,68,71H,1-4H3. The Hall–Kier alpha value is -8.87. The Kier molecular flexibility index (Phi) is 11.0. The van der Waals surface area contributed by atoms with Gasteiger partial charge in [-0.3, -0.25) is 4.49 Å². The number of allylic oxidation sites excluding steroid dienone is 1. The van der Waals surface area contributed by atoms with Crippen LogP contribution in [0.5, 0.6) is 11.5 Å². The van der Waals surface area contributed by atoms with Gasteiger partial charge >= 0.3 is 12.9 Å². The van der Waals surface area contributed by atoms with E-state index in [-0.39, 0.29) is 10.5 Å². The summed E-state index contributed by atoms with van der Waals surface area (Å²) in [7, 11) is 1.60. The second-order valence-electron chi connectivity index (χ2n) is 19.3. The van der Waals surface area contributed by atoms with Crippen molar-refractivity contribution in [2.45, 2.75) is 20.8 Å². The lowest BCUT2D eigenvalue weighted by molar-refractivity contribution is -0.370. The summed E-state index contributed by atoms with van der Waals surface area (Å²) in [5.74, 6) is 1.06. The number of methoxy groups -OCH3 is 1. The molecule has 2 N–H and O–H groups in total. The molecule has 0 saturated heterocycles. The zero-order chi connectivity index (χ0) is 51.1. The van der Waals surface area contributed by atoms with Crippen LogP contribution in [0.1, 0.15) is 50.7 Å². The fraction of sp³-hybridized carbons (Fsp3) is 0.0635. The predicted molar refractivity (Wildman–Crippen MR) is 304 cm³/mol. The first kappa shape index (κ1) is 46.0. The monoisotopic (exact) mass is 1050 g/mol. The number of ether oxygens (including phenoxy) is 2. The van der Waals surface area contributed by atoms with Gasteiger partial charge in [0.1, 0.15) is 11.5 Å². The molecule has 0 radical (unpaired) electrons. The number of fused-ring (bicyclic) bond motifs is 10. The number of nitrogens with zero attached hydrogens (tertiary/aromatic N) is 4. The van der Waals surface area contributed by atoms with E-state index in [9.17, 15) is 0 Å². The molecule has 0 spiro atoms. The summed E-state index contributed by atoms with van der Waals surface area (Å²) in [4.78, 5) is 18.6. The van der Waals surface area contributed by atoms with Gasteiger partial charge in [-0.15, -0.1) is 0 Å². The van der Waals surface area contributed by atoms with Crippen LogP contribution in [0.25, 0.3) is 96.5 Å². The average molecular weight is 1050 g/mol. The first-order valence-corrected chi connectivity index (χ1v) is 25.6. The molecule has 364 valence electrons. The Bertz CT molecular complexity index is 4120. The van der Waals surface area contributed by atoms with Crippen molar-refractivity contribution in [2.75, 3.05) is 7.11 Å². The number of aromatic amines is 2. The minimum absolute atomic E-state index is 0.00686. The molecule has 5 aromatic carbocycles. The normalized spacial score (nSPS) is 14.2. The first-order chi connectivity index (χ1) is 36.5. The van der Waals surface area contributed by atoms with Crippen LogP contribution in [-0.2, 0) is 0 Å². The van der Waals surface area contributed by atoms with Gasteiger partial charge in [-0.25, -0.2) is 9.97 Å². The second-order valence-corrected chi connectivity index (χ2v) is 20.1. The highest BCUT2D eigenvalue weighted by molar-refractivity contribution is 9.10. The van der Waals surface area contributed by atoms with Gasteiger partial charge in [0.2, 0.25) is 0 Å². The Labute approximate surface area is 440 Å². The number of halogens is 3. The molecular formula is C63H46BBrF2N6O2. The van der Waals surface area contributed by atoms with Crippen LogP contribution in [0, 0.1) is 20.8 Å². The van der Waals surface area contributed by atoms with E-state index in [1.807, 2.05) is 48.5 Å². The molecule has 8 bridgehead atoms. The summed E-state index contributed by atoms with van der Waals surface area (Å²) in [5.41, 5.74) is 20.0. The Morgan fingerprint density at radius 3 is 1.27 bits per heavy atom. The summed E-state index contributed by atoms with van der Waals surface area (Å²) in [5, 5.41) is 0. The molecule has 9 aromatic rings. The third-order valence-electron chi connectivity index (χ3n) is 14.4. The SMILES string of the molecule is COc1ccc(C2=C3C=CC(Oc4ccc(-c5c6nc(c(-c7ccc(C)cc7)c7ccc([nH]7)c(-c7ccc(C)cc7)c7nc(c(-c8ccc(C)cc8)c8ccc5[nH]8)C=C7)C=C6)cc4)=[N+]3[B-](F)(F)n3c(Br)ccc32)cc1. The highest BCUT2D eigenvalue weighted by Gasteiger charge is 2.55. The maximum absolute atomic E-state index is 16.9. The smallest absolute Gasteiger partial charge is 0.497 e. The van der Waals surface area contributed by atoms with Gasteiger partial charge in [-0.2, -0.15) is 0 Å². The topological polar surface area (TPSA) is 83.8 Å². The van der Waals surface area contributed by atoms with Crippen molar-refractivity contribution in [3.05, 3.63) is 231 Å². The zero-order valence-corrected chi connectivity index (χ0v) is 42.9. The molecular weight excluding hydrogens is 1000 g/mol. The van der Waals surface area contributed by atoms with Gasteiger partial charge in [0, 0.05) is 56.1 Å². The van der Waals surface area contributed by atoms with Crippen LogP contribution in [0.4, 0.5) is 8.63 Å². The minimum atomic E-state index is -4.37. The molecule has 0 atom stereocenters. The maximum Gasteiger partial charge on any atom is 0.740 e. The number of hydrogen-bond acceptors (Lipinski definition) is 4. The lowest BCUT2D eigenvalue weighted by Crippen LogP contribution is -2.51. The van der Waals surface area contributed by atoms with Gasteiger partial charge < -0.3 is 32.6 Å². The number of aromatic nitrogens is 5. The molecule has 12 heteroatoms. The van der Waals surface area contributed by atoms with Crippen molar-refractivity contribution >= 4 is 80.7 Å². The lowest BCUT2D eigenvalue weighted by atomic mass is 9.86. The molecule has 13 rings (SSSR count). The summed E-state index contributed by atoms with van der Waals surface area (Å²) >= 11 is 3.42. The highest BCUT2D eigenvalue weighted by Crippen LogP contribution is 2.43. The van der Waals surface area contributed by atoms with Crippen LogP contribution in [0.2, 0.25) is 0 Å². The third kappa shape index (κ3) is 7.91. The minimum Gasteiger partial charge on any atom is -0.497 e. The van der Waals surface area contributed by atoms with E-state index < -0.39 is 6.97 Å². The number of nitrogens with one attached hydrogen (secondary N) is 2. The molecule has 0 fully saturated rings. The second kappa shape index (κ2) is 18.0. The molecule has 75 heavy (non-hydrogen) atoms. The molecule has 0 unspecified atom stereocenters. The summed E-state index contributed by atoms with van der Waals surface area (Å²) < 4.78 is 48.0. The average Bonchev–Trinajstić information content (AvgIpc) is 4.39. The van der Waals surface area contributed by atoms with Gasteiger partial charge in [0.15, 0.2) is 5.70 Å². The first-order valence-electron chi connectivity index (χ1n) is 24.8. The molecule has 0 aliphatic carbocycles. The van der Waals surface area contributed by atoms with Crippen molar-refractivity contribution in [1.29, 1.82) is 0 Å². The van der Waals surface area contributed by atoms with E-state index >= 15 is 8.63 Å². The van der Waals surface area contributed by atoms with E-state index in [1.54, 1.807) is 31.4 Å². The van der Waals surface area contributed by atoms with Crippen molar-refractivity contribution in [3.63, 3.8) is 0 Å². The Morgan fingerprint density at radius 2 is 0.853 bits per heavy atom. The van der Waals surface area contributed by atoms with E-state index in [4.69, 9.17) is 19.4 Å². The molecule has 0 saturated carbocycles. The quantitative estimate of drug-likeness (QED) is 0.156. The summed E-state index contributed by atoms with van der Waals surface area (Å²) in [6.07, 6.45) is 11.7. The summed E-state index contributed by atoms with van der Waals surface area (Å²) in [6.45, 7) is 1.90. The van der Waals surface area contributed by atoms with Gasteiger partial charge in [-0.1, -0.05) is 114 Å². The van der Waals surface area contributed by atoms with E-state index in [0.29, 0.717) is 28.5 Å². The third-order valence-corrected chi connectivity index (χ3v) is 15.0. The van der Waals surface area contributed by atoms with E-state index in [1.165, 1.54) is 5.56 Å². The van der Waals surface area contributed by atoms with Crippen LogP contribution in [-0.4, -0.2) is 48.9 Å². The molecule has 8 heterocycles. The number of aryl methyl sites for hydroxylation is 3. The van der Waals surface area contributed by atoms with E-state index in [0.717, 1.165) is 115 Å². The fourth-order valence-corrected chi connectivity index (χ4v) is 11.2. The number of H-pyrrole nitrogens is 2. The van der Waals surface area contributed by atoms with Crippen LogP contribution in [0.3, 0.4) is 0 Å². The number of benzene rings is 5. The Balaban J connectivity index is 1.01. The van der Waals surface area contributed by atoms with Crippen LogP contribution < -0.4 is 9.47 Å². The van der Waals surface area contributed by atoms with Crippen molar-refractivity contribution < 1.29 is 22.6 Å². The largest absolute Gasteiger partial charge is 0.740 e. The maximum atomic E-state index is 16.9. The van der Waals surface area contributed by atoms with Crippen molar-refractivity contribution in [1.82, 2.24) is 24.4 Å². The number of rotatable bonds is 7. The number of hydrogen-bond donors (Lipinski definition) is 2. The molecule has 4 aromatic heterocycles. The Morgan fingerprint density at radius 1 is 0.467 bits per heavy atom. The van der Waals surface area contributed by atoms with Gasteiger partial charge in [0.05, 0.1) is 46.1 Å². The highest BCUT2D eigenvalue weighted by atomic mass is 79.9. The molecule has 4 aliphatic heterocycles. The fourth-order valence-electron chi connectivity index (χ4n) is 10.7. The van der Waals surface area contributed by atoms with Crippen molar-refractivity contribution in [3.8, 4) is 56.0 Å².